The Kier molecular flexibility index (Phi) is 14.3. The number of aryl methyl sites for hydroxylation is 6. The van der Waals surface area contributed by atoms with Crippen molar-refractivity contribution in [3.8, 4) is 0 Å². The first-order valence-corrected chi connectivity index (χ1v) is 28.6. The minimum atomic E-state index is -3.44. The molecule has 286 valence electrons. The molecule has 3 aromatic rings. The molecule has 0 unspecified atom stereocenters. The molecule has 4 fully saturated rings. The SMILES string of the molecule is C1CCC([PH+](C2CCCCC2)C2CCCCC2)CC1.Cc1cc(C)c(N2CCN(c3c(C)cc(C)cc3C)[C]2=[Ru]([Cl])([Cl])=[CH]c2ccccc2)c(C)c1. The van der Waals surface area contributed by atoms with Gasteiger partial charge in [0.1, 0.15) is 0 Å². The van der Waals surface area contributed by atoms with Crippen LogP contribution in [0.25, 0.3) is 0 Å². The fourth-order valence-electron chi connectivity index (χ4n) is 10.4. The van der Waals surface area contributed by atoms with Crippen LogP contribution in [0.5, 0.6) is 0 Å². The van der Waals surface area contributed by atoms with Gasteiger partial charge in [0.05, 0.1) is 17.0 Å². The van der Waals surface area contributed by atoms with E-state index in [9.17, 15) is 0 Å². The van der Waals surface area contributed by atoms with Gasteiger partial charge in [-0.15, -0.1) is 0 Å². The summed E-state index contributed by atoms with van der Waals surface area (Å²) in [6, 6.07) is 19.2. The van der Waals surface area contributed by atoms with E-state index in [2.05, 4.69) is 92.3 Å². The molecule has 0 amide bonds. The Morgan fingerprint density at radius 2 is 0.885 bits per heavy atom. The number of anilines is 2. The average Bonchev–Trinajstić information content (AvgIpc) is 3.54. The van der Waals surface area contributed by atoms with Crippen LogP contribution in [0, 0.1) is 41.5 Å². The molecule has 0 aromatic heterocycles. The molecule has 0 radical (unpaired) electrons. The molecular formula is C46H66Cl2N2PRu+. The van der Waals surface area contributed by atoms with E-state index in [1.807, 2.05) is 18.2 Å². The molecule has 3 aromatic carbocycles. The molecule has 0 N–H and O–H groups in total. The van der Waals surface area contributed by atoms with E-state index in [0.717, 1.165) is 23.0 Å². The van der Waals surface area contributed by atoms with Gasteiger partial charge in [-0.25, -0.2) is 0 Å². The van der Waals surface area contributed by atoms with E-state index >= 15 is 0 Å². The molecule has 3 saturated carbocycles. The second-order valence-corrected chi connectivity index (χ2v) is 29.2. The summed E-state index contributed by atoms with van der Waals surface area (Å²) in [7, 11) is 14.7. The van der Waals surface area contributed by atoms with E-state index in [0.29, 0.717) is 0 Å². The van der Waals surface area contributed by atoms with Crippen LogP contribution in [-0.2, 0) is 11.9 Å². The first-order chi connectivity index (χ1) is 25.0. The molecule has 52 heavy (non-hydrogen) atoms. The van der Waals surface area contributed by atoms with E-state index in [-0.39, 0.29) is 7.92 Å². The van der Waals surface area contributed by atoms with Gasteiger partial charge in [-0.3, -0.25) is 0 Å². The molecule has 0 bridgehead atoms. The first-order valence-electron chi connectivity index (χ1n) is 20.5. The Balaban J connectivity index is 0.000000206. The Bertz CT molecular complexity index is 1610. The van der Waals surface area contributed by atoms with Crippen LogP contribution in [0.3, 0.4) is 0 Å². The van der Waals surface area contributed by atoms with Crippen molar-refractivity contribution in [3.63, 3.8) is 0 Å². The second-order valence-electron chi connectivity index (χ2n) is 16.5. The van der Waals surface area contributed by atoms with Crippen molar-refractivity contribution in [2.24, 2.45) is 0 Å². The Morgan fingerprint density at radius 3 is 1.23 bits per heavy atom. The fourth-order valence-corrected chi connectivity index (χ4v) is 21.7. The van der Waals surface area contributed by atoms with Gasteiger partial charge in [0.15, 0.2) is 0 Å². The average molecular weight is 850 g/mol. The summed E-state index contributed by atoms with van der Waals surface area (Å²) in [4.78, 5) is 4.79. The minimum absolute atomic E-state index is 0.0465. The topological polar surface area (TPSA) is 6.48 Å². The molecule has 1 saturated heterocycles. The van der Waals surface area contributed by atoms with Crippen LogP contribution in [-0.4, -0.2) is 39.0 Å². The zero-order valence-electron chi connectivity index (χ0n) is 33.0. The standard InChI is InChI=1S/C21H26N2.C18H33P.C7H6.2ClH.Ru/c1-14-9-16(3)20(17(4)10-14)22-7-8-23(13-22)21-18(5)11-15(2)12-19(21)6;1-4-10-16(11-5-1)19(17-12-6-2-7-13-17)18-14-8-3-9-15-18;1-7-5-3-2-4-6-7;;;/h9-12H,7-8H2,1-6H3;16-18H,1-15H2;1-6H;2*1H;/q;;;;;+2/p-1. The summed E-state index contributed by atoms with van der Waals surface area (Å²) in [5.41, 5.74) is 14.8. The van der Waals surface area contributed by atoms with Crippen molar-refractivity contribution < 1.29 is 11.9 Å². The summed E-state index contributed by atoms with van der Waals surface area (Å²) < 4.78 is 3.18. The third-order valence-corrected chi connectivity index (χ3v) is 22.3. The van der Waals surface area contributed by atoms with Crippen molar-refractivity contribution in [1.82, 2.24) is 0 Å². The molecular weight excluding hydrogens is 783 g/mol. The van der Waals surface area contributed by atoms with Crippen LogP contribution in [0.1, 0.15) is 135 Å². The molecule has 7 rings (SSSR count). The van der Waals surface area contributed by atoms with Crippen molar-refractivity contribution in [2.45, 2.75) is 155 Å². The van der Waals surface area contributed by atoms with Gasteiger partial charge in [0, 0.05) is 7.92 Å². The van der Waals surface area contributed by atoms with Crippen LogP contribution in [0.15, 0.2) is 54.6 Å². The molecule has 1 aliphatic heterocycles. The van der Waals surface area contributed by atoms with E-state index in [4.69, 9.17) is 19.4 Å². The molecule has 4 aliphatic rings. The third-order valence-electron chi connectivity index (χ3n) is 12.3. The van der Waals surface area contributed by atoms with Crippen molar-refractivity contribution in [2.75, 3.05) is 22.9 Å². The first kappa shape index (κ1) is 40.3. The van der Waals surface area contributed by atoms with Gasteiger partial charge in [0.2, 0.25) is 0 Å². The maximum atomic E-state index is 7.40. The van der Waals surface area contributed by atoms with Gasteiger partial charge in [-0.1, -0.05) is 19.3 Å². The van der Waals surface area contributed by atoms with Gasteiger partial charge in [-0.05, 0) is 77.0 Å². The molecule has 0 atom stereocenters. The van der Waals surface area contributed by atoms with Crippen molar-refractivity contribution in [1.29, 1.82) is 0 Å². The summed E-state index contributed by atoms with van der Waals surface area (Å²) in [5, 5.41) is 0. The van der Waals surface area contributed by atoms with Gasteiger partial charge in [0.25, 0.3) is 0 Å². The zero-order valence-corrected chi connectivity index (χ0v) is 37.3. The number of hydrogen-bond acceptors (Lipinski definition) is 2. The van der Waals surface area contributed by atoms with Crippen molar-refractivity contribution in [3.05, 3.63) is 93.5 Å². The molecule has 3 aliphatic carbocycles. The summed E-state index contributed by atoms with van der Waals surface area (Å²) >= 11 is -3.44. The monoisotopic (exact) mass is 849 g/mol. The quantitative estimate of drug-likeness (QED) is 0.180. The summed E-state index contributed by atoms with van der Waals surface area (Å²) in [6.07, 6.45) is 23.8. The summed E-state index contributed by atoms with van der Waals surface area (Å²) in [6.45, 7) is 14.8. The fraction of sp³-hybridized carbons (Fsp3) is 0.565. The van der Waals surface area contributed by atoms with E-state index in [1.165, 1.54) is 61.7 Å². The molecule has 6 heteroatoms. The number of halogens is 2. The van der Waals surface area contributed by atoms with Gasteiger partial charge in [-0.2, -0.15) is 0 Å². The number of nitrogens with zero attached hydrogens (tertiary/aromatic N) is 2. The maximum absolute atomic E-state index is 7.40. The number of rotatable bonds is 6. The second kappa shape index (κ2) is 18.5. The summed E-state index contributed by atoms with van der Waals surface area (Å²) in [5.74, 6) is 0. The zero-order chi connectivity index (χ0) is 36.8. The van der Waals surface area contributed by atoms with Crippen LogP contribution >= 0.6 is 27.3 Å². The predicted molar refractivity (Wildman–Crippen MR) is 233 cm³/mol. The van der Waals surface area contributed by atoms with E-state index < -0.39 is 11.9 Å². The number of benzene rings is 3. The Hall–Kier alpha value is -1.37. The number of hydrogen-bond donors (Lipinski definition) is 0. The molecule has 1 heterocycles. The Labute approximate surface area is 328 Å². The molecule has 0 spiro atoms. The predicted octanol–water partition coefficient (Wildman–Crippen LogP) is 13.5. The van der Waals surface area contributed by atoms with Gasteiger partial charge < -0.3 is 0 Å². The normalized spacial score (nSPS) is 19.9. The van der Waals surface area contributed by atoms with Crippen molar-refractivity contribution >= 4 is 47.6 Å². The van der Waals surface area contributed by atoms with E-state index in [1.54, 1.807) is 96.3 Å². The van der Waals surface area contributed by atoms with Gasteiger partial charge >= 0.3 is 210 Å². The van der Waals surface area contributed by atoms with Crippen LogP contribution in [0.2, 0.25) is 0 Å². The molecule has 2 nitrogen and oxygen atoms in total. The Morgan fingerprint density at radius 1 is 0.538 bits per heavy atom. The third kappa shape index (κ3) is 9.70. The van der Waals surface area contributed by atoms with Crippen LogP contribution < -0.4 is 9.80 Å². The van der Waals surface area contributed by atoms with Crippen LogP contribution in [0.4, 0.5) is 11.4 Å².